The lowest BCUT2D eigenvalue weighted by Crippen LogP contribution is -2.47. The van der Waals surface area contributed by atoms with E-state index in [1.807, 2.05) is 11.8 Å². The van der Waals surface area contributed by atoms with Crippen LogP contribution in [-0.2, 0) is 13.0 Å². The Balaban J connectivity index is 1.36. The van der Waals surface area contributed by atoms with E-state index in [-0.39, 0.29) is 10.9 Å². The average molecular weight is 462 g/mol. The first-order valence-electron chi connectivity index (χ1n) is 11.8. The number of benzene rings is 2. The zero-order valence-corrected chi connectivity index (χ0v) is 19.3. The van der Waals surface area contributed by atoms with E-state index in [0.29, 0.717) is 30.8 Å². The van der Waals surface area contributed by atoms with E-state index < -0.39 is 17.2 Å². The Labute approximate surface area is 197 Å². The summed E-state index contributed by atoms with van der Waals surface area (Å²) in [5, 5.41) is 9.45. The lowest BCUT2D eigenvalue weighted by Gasteiger charge is -2.37. The molecule has 1 aliphatic heterocycles. The quantitative estimate of drug-likeness (QED) is 0.622. The summed E-state index contributed by atoms with van der Waals surface area (Å²) < 4.78 is 16.8. The topological polar surface area (TPSA) is 65.8 Å². The van der Waals surface area contributed by atoms with E-state index in [4.69, 9.17) is 0 Å². The van der Waals surface area contributed by atoms with Gasteiger partial charge >= 0.3 is 5.97 Å². The number of rotatable bonds is 5. The number of pyridine rings is 1. The number of halogens is 1. The van der Waals surface area contributed by atoms with Crippen molar-refractivity contribution in [2.45, 2.75) is 26.3 Å². The first kappa shape index (κ1) is 22.3. The van der Waals surface area contributed by atoms with Crippen LogP contribution in [0.15, 0.2) is 53.5 Å². The minimum Gasteiger partial charge on any atom is -0.477 e. The van der Waals surface area contributed by atoms with Crippen LogP contribution in [0.1, 0.15) is 34.8 Å². The molecule has 3 aromatic rings. The molecule has 0 radical (unpaired) electrons. The van der Waals surface area contributed by atoms with E-state index in [9.17, 15) is 14.7 Å². The van der Waals surface area contributed by atoms with Gasteiger partial charge in [-0.25, -0.2) is 9.18 Å². The van der Waals surface area contributed by atoms with Gasteiger partial charge in [-0.15, -0.1) is 0 Å². The Kier molecular flexibility index (Phi) is 5.96. The minimum atomic E-state index is -1.30. The summed E-state index contributed by atoms with van der Waals surface area (Å²) in [7, 11) is 0. The molecule has 1 N–H and O–H groups in total. The molecule has 1 saturated heterocycles. The van der Waals surface area contributed by atoms with Crippen LogP contribution in [0.3, 0.4) is 0 Å². The molecule has 2 aliphatic rings. The van der Waals surface area contributed by atoms with Crippen molar-refractivity contribution >= 4 is 28.1 Å². The van der Waals surface area contributed by atoms with Crippen LogP contribution >= 0.6 is 0 Å². The van der Waals surface area contributed by atoms with E-state index in [1.54, 1.807) is 10.6 Å². The number of carbonyl (C=O) groups is 1. The summed E-state index contributed by atoms with van der Waals surface area (Å²) in [6.45, 7) is 6.23. The molecule has 2 heterocycles. The lowest BCUT2D eigenvalue weighted by molar-refractivity contribution is 0.0695. The summed E-state index contributed by atoms with van der Waals surface area (Å²) in [4.78, 5) is 28.5. The highest BCUT2D eigenvalue weighted by Crippen LogP contribution is 2.29. The van der Waals surface area contributed by atoms with Crippen molar-refractivity contribution in [3.05, 3.63) is 81.4 Å². The van der Waals surface area contributed by atoms with Gasteiger partial charge in [-0.05, 0) is 48.6 Å². The fraction of sp³-hybridized carbons (Fsp3) is 0.333. The highest BCUT2D eigenvalue weighted by molar-refractivity contribution is 5.93. The Morgan fingerprint density at radius 3 is 2.62 bits per heavy atom. The average Bonchev–Trinajstić information content (AvgIpc) is 2.85. The predicted octanol–water partition coefficient (Wildman–Crippen LogP) is 4.01. The number of carboxylic acids is 1. The molecular weight excluding hydrogens is 433 g/mol. The first-order valence-corrected chi connectivity index (χ1v) is 11.8. The molecular formula is C27H28FN3O3. The van der Waals surface area contributed by atoms with Crippen LogP contribution in [0, 0.1) is 5.82 Å². The molecule has 1 fully saturated rings. The van der Waals surface area contributed by atoms with Gasteiger partial charge in [-0.3, -0.25) is 9.69 Å². The van der Waals surface area contributed by atoms with Crippen LogP contribution < -0.4 is 10.3 Å². The molecule has 0 spiro atoms. The molecule has 5 rings (SSSR count). The summed E-state index contributed by atoms with van der Waals surface area (Å²) in [5.74, 6) is -1.79. The molecule has 0 saturated carbocycles. The number of carboxylic acid groups (broad SMARTS) is 1. The van der Waals surface area contributed by atoms with Crippen molar-refractivity contribution < 1.29 is 14.3 Å². The number of hydrogen-bond acceptors (Lipinski definition) is 4. The number of piperazine rings is 1. The highest BCUT2D eigenvalue weighted by Gasteiger charge is 2.24. The van der Waals surface area contributed by atoms with Gasteiger partial charge < -0.3 is 14.6 Å². The number of nitrogens with zero attached hydrogens (tertiary/aromatic N) is 3. The highest BCUT2D eigenvalue weighted by atomic mass is 19.1. The van der Waals surface area contributed by atoms with Gasteiger partial charge in [0, 0.05) is 50.9 Å². The van der Waals surface area contributed by atoms with E-state index >= 15 is 4.39 Å². The summed E-state index contributed by atoms with van der Waals surface area (Å²) in [6.07, 6.45) is 5.85. The third-order valence-electron chi connectivity index (χ3n) is 6.99. The Morgan fingerprint density at radius 2 is 1.88 bits per heavy atom. The zero-order chi connectivity index (χ0) is 23.8. The van der Waals surface area contributed by atoms with Crippen molar-refractivity contribution in [2.24, 2.45) is 0 Å². The normalized spacial score (nSPS) is 16.4. The van der Waals surface area contributed by atoms with Crippen molar-refractivity contribution in [3.63, 3.8) is 0 Å². The van der Waals surface area contributed by atoms with Crippen molar-refractivity contribution in [3.8, 4) is 0 Å². The molecule has 0 unspecified atom stereocenters. The van der Waals surface area contributed by atoms with Crippen molar-refractivity contribution in [1.29, 1.82) is 0 Å². The summed E-state index contributed by atoms with van der Waals surface area (Å²) >= 11 is 0. The van der Waals surface area contributed by atoms with E-state index in [0.717, 1.165) is 32.5 Å². The molecule has 6 nitrogen and oxygen atoms in total. The Hall–Kier alpha value is -3.45. The van der Waals surface area contributed by atoms with E-state index in [1.165, 1.54) is 29.0 Å². The van der Waals surface area contributed by atoms with Gasteiger partial charge in [-0.1, -0.05) is 30.3 Å². The molecule has 2 aromatic carbocycles. The number of aromatic nitrogens is 1. The van der Waals surface area contributed by atoms with Crippen LogP contribution in [0.25, 0.3) is 16.5 Å². The monoisotopic (exact) mass is 461 g/mol. The fourth-order valence-electron chi connectivity index (χ4n) is 5.16. The van der Waals surface area contributed by atoms with Crippen LogP contribution in [0.5, 0.6) is 0 Å². The van der Waals surface area contributed by atoms with Gasteiger partial charge in [0.25, 0.3) is 0 Å². The fourth-order valence-corrected chi connectivity index (χ4v) is 5.16. The van der Waals surface area contributed by atoms with Crippen molar-refractivity contribution in [2.75, 3.05) is 37.6 Å². The van der Waals surface area contributed by atoms with Gasteiger partial charge in [0.1, 0.15) is 11.4 Å². The molecule has 176 valence electrons. The molecule has 0 bridgehead atoms. The molecule has 1 aliphatic carbocycles. The maximum Gasteiger partial charge on any atom is 0.341 e. The Bertz CT molecular complexity index is 1350. The lowest BCUT2D eigenvalue weighted by atomic mass is 9.90. The number of hydrogen-bond donors (Lipinski definition) is 1. The smallest absolute Gasteiger partial charge is 0.341 e. The molecule has 1 aromatic heterocycles. The largest absolute Gasteiger partial charge is 0.477 e. The van der Waals surface area contributed by atoms with Gasteiger partial charge in [0.05, 0.1) is 11.2 Å². The van der Waals surface area contributed by atoms with Crippen LogP contribution in [0.4, 0.5) is 10.1 Å². The third-order valence-corrected chi connectivity index (χ3v) is 6.99. The number of aromatic carboxylic acids is 1. The number of fused-ring (bicyclic) bond motifs is 2. The SMILES string of the molecule is CCn1cc(C(=O)O)c(=O)c2cc(F)c(N3CCN(CC4=CCCc5ccccc54)CC3)cc21. The van der Waals surface area contributed by atoms with Gasteiger partial charge in [0.2, 0.25) is 5.43 Å². The zero-order valence-electron chi connectivity index (χ0n) is 19.3. The maximum atomic E-state index is 15.1. The molecule has 0 atom stereocenters. The van der Waals surface area contributed by atoms with Crippen molar-refractivity contribution in [1.82, 2.24) is 9.47 Å². The molecule has 7 heteroatoms. The number of allylic oxidation sites excluding steroid dienone is 1. The number of anilines is 1. The summed E-state index contributed by atoms with van der Waals surface area (Å²) in [6, 6.07) is 11.5. The molecule has 34 heavy (non-hydrogen) atoms. The molecule has 0 amide bonds. The third kappa shape index (κ3) is 4.01. The number of aryl methyl sites for hydroxylation is 2. The summed E-state index contributed by atoms with van der Waals surface area (Å²) in [5.41, 5.74) is 4.14. The Morgan fingerprint density at radius 1 is 1.12 bits per heavy atom. The second kappa shape index (κ2) is 9.06. The standard InChI is InChI=1S/C27H28FN3O3/c1-2-30-17-22(27(33)34)26(32)21-14-23(28)25(15-24(21)30)31-12-10-29(11-13-31)16-19-8-5-7-18-6-3-4-9-20(18)19/h3-4,6,8-9,14-15,17H,2,5,7,10-13,16H2,1H3,(H,33,34). The second-order valence-electron chi connectivity index (χ2n) is 8.97. The second-order valence-corrected chi connectivity index (χ2v) is 8.97. The van der Waals surface area contributed by atoms with Gasteiger partial charge in [0.15, 0.2) is 0 Å². The maximum absolute atomic E-state index is 15.1. The minimum absolute atomic E-state index is 0.101. The predicted molar refractivity (Wildman–Crippen MR) is 132 cm³/mol. The van der Waals surface area contributed by atoms with Crippen LogP contribution in [-0.4, -0.2) is 53.3 Å². The van der Waals surface area contributed by atoms with Gasteiger partial charge in [-0.2, -0.15) is 0 Å². The first-order chi connectivity index (χ1) is 16.5. The van der Waals surface area contributed by atoms with E-state index in [2.05, 4.69) is 35.2 Å². The van der Waals surface area contributed by atoms with Crippen LogP contribution in [0.2, 0.25) is 0 Å².